The minimum absolute atomic E-state index is 0.340. The molecule has 0 spiro atoms. The Morgan fingerprint density at radius 3 is 2.53 bits per heavy atom. The third-order valence-corrected chi connectivity index (χ3v) is 2.41. The number of aromatic amines is 1. The molecule has 1 aromatic heterocycles. The molecule has 0 atom stereocenters. The van der Waals surface area contributed by atoms with Crippen LogP contribution in [-0.4, -0.2) is 44.7 Å². The van der Waals surface area contributed by atoms with Crippen molar-refractivity contribution in [2.45, 2.75) is 19.4 Å². The van der Waals surface area contributed by atoms with E-state index in [1.807, 2.05) is 0 Å². The number of H-pyrrole nitrogens is 1. The van der Waals surface area contributed by atoms with Gasteiger partial charge in [-0.05, 0) is 13.8 Å². The van der Waals surface area contributed by atoms with E-state index in [1.165, 1.54) is 38.2 Å². The number of nitrogens with one attached hydrogen (secondary N) is 1. The van der Waals surface area contributed by atoms with Crippen LogP contribution in [0.15, 0.2) is 12.4 Å². The molecule has 0 saturated heterocycles. The van der Waals surface area contributed by atoms with Gasteiger partial charge in [0.25, 0.3) is 5.91 Å². The van der Waals surface area contributed by atoms with Crippen LogP contribution in [0.1, 0.15) is 24.2 Å². The highest BCUT2D eigenvalue weighted by molar-refractivity contribution is 5.97. The molecule has 0 bridgehead atoms. The Bertz CT molecular complexity index is 370. The number of likely N-dealkylation sites (N-methyl/N-ethyl adjacent to an activating group) is 1. The van der Waals surface area contributed by atoms with E-state index in [-0.39, 0.29) is 5.91 Å². The number of aromatic nitrogens is 2. The van der Waals surface area contributed by atoms with E-state index < -0.39 is 11.5 Å². The average Bonchev–Trinajstić information content (AvgIpc) is 2.67. The number of amides is 1. The van der Waals surface area contributed by atoms with Gasteiger partial charge < -0.3 is 10.0 Å². The second-order valence-electron chi connectivity index (χ2n) is 3.72. The number of nitrogens with zero attached hydrogens (tertiary/aromatic N) is 2. The summed E-state index contributed by atoms with van der Waals surface area (Å²) in [7, 11) is 1.45. The van der Waals surface area contributed by atoms with Crippen LogP contribution in [0.3, 0.4) is 0 Å². The van der Waals surface area contributed by atoms with E-state index in [0.29, 0.717) is 5.56 Å². The van der Waals surface area contributed by atoms with Gasteiger partial charge in [-0.25, -0.2) is 4.79 Å². The third kappa shape index (κ3) is 1.98. The summed E-state index contributed by atoms with van der Waals surface area (Å²) >= 11 is 0. The second-order valence-corrected chi connectivity index (χ2v) is 3.72. The van der Waals surface area contributed by atoms with Crippen LogP contribution in [-0.2, 0) is 4.79 Å². The van der Waals surface area contributed by atoms with Crippen molar-refractivity contribution in [2.75, 3.05) is 7.05 Å². The van der Waals surface area contributed by atoms with Crippen LogP contribution in [0.5, 0.6) is 0 Å². The van der Waals surface area contributed by atoms with E-state index in [2.05, 4.69) is 10.2 Å². The maximum atomic E-state index is 11.8. The van der Waals surface area contributed by atoms with E-state index in [0.717, 1.165) is 0 Å². The van der Waals surface area contributed by atoms with Crippen LogP contribution in [0.25, 0.3) is 0 Å². The summed E-state index contributed by atoms with van der Waals surface area (Å²) in [5.74, 6) is -1.43. The van der Waals surface area contributed by atoms with Crippen LogP contribution in [0.2, 0.25) is 0 Å². The number of aliphatic carboxylic acids is 1. The lowest BCUT2D eigenvalue weighted by Crippen LogP contribution is -2.50. The van der Waals surface area contributed by atoms with E-state index in [9.17, 15) is 9.59 Å². The summed E-state index contributed by atoms with van der Waals surface area (Å²) in [5, 5.41) is 15.1. The number of carbonyl (C=O) groups excluding carboxylic acids is 1. The van der Waals surface area contributed by atoms with Gasteiger partial charge in [-0.3, -0.25) is 9.89 Å². The lowest BCUT2D eigenvalue weighted by Gasteiger charge is -2.31. The molecule has 1 aromatic rings. The Morgan fingerprint density at radius 1 is 1.53 bits per heavy atom. The zero-order valence-corrected chi connectivity index (χ0v) is 8.81. The maximum Gasteiger partial charge on any atom is 0.329 e. The molecule has 2 N–H and O–H groups in total. The largest absolute Gasteiger partial charge is 0.480 e. The molecule has 0 fully saturated rings. The molecule has 1 rings (SSSR count). The molecule has 0 saturated carbocycles. The van der Waals surface area contributed by atoms with Crippen molar-refractivity contribution < 1.29 is 14.7 Å². The molecule has 15 heavy (non-hydrogen) atoms. The highest BCUT2D eigenvalue weighted by Crippen LogP contribution is 2.15. The lowest BCUT2D eigenvalue weighted by molar-refractivity contribution is -0.147. The quantitative estimate of drug-likeness (QED) is 0.755. The molecule has 0 aliphatic heterocycles. The number of carbonyl (C=O) groups is 2. The van der Waals surface area contributed by atoms with Crippen LogP contribution in [0.4, 0.5) is 0 Å². The molecule has 0 aliphatic carbocycles. The first-order valence-electron chi connectivity index (χ1n) is 4.37. The van der Waals surface area contributed by atoms with Gasteiger partial charge in [-0.1, -0.05) is 0 Å². The van der Waals surface area contributed by atoms with E-state index in [4.69, 9.17) is 5.11 Å². The molecular formula is C9H13N3O3. The zero-order chi connectivity index (χ0) is 11.6. The Balaban J connectivity index is 2.91. The minimum Gasteiger partial charge on any atom is -0.480 e. The van der Waals surface area contributed by atoms with Crippen molar-refractivity contribution in [2.24, 2.45) is 0 Å². The number of carboxylic acid groups (broad SMARTS) is 1. The molecule has 82 valence electrons. The molecular weight excluding hydrogens is 198 g/mol. The molecule has 0 radical (unpaired) electrons. The zero-order valence-electron chi connectivity index (χ0n) is 8.81. The Labute approximate surface area is 86.9 Å². The van der Waals surface area contributed by atoms with E-state index in [1.54, 1.807) is 0 Å². The monoisotopic (exact) mass is 211 g/mol. The van der Waals surface area contributed by atoms with Crippen LogP contribution < -0.4 is 0 Å². The third-order valence-electron chi connectivity index (χ3n) is 2.41. The predicted molar refractivity (Wildman–Crippen MR) is 52.4 cm³/mol. The molecule has 0 unspecified atom stereocenters. The van der Waals surface area contributed by atoms with Crippen molar-refractivity contribution >= 4 is 11.9 Å². The van der Waals surface area contributed by atoms with Gasteiger partial charge in [0.2, 0.25) is 0 Å². The predicted octanol–water partition coefficient (Wildman–Crippen LogP) is 0.345. The highest BCUT2D eigenvalue weighted by Gasteiger charge is 2.35. The first kappa shape index (κ1) is 11.2. The fourth-order valence-electron chi connectivity index (χ4n) is 0.959. The first-order chi connectivity index (χ1) is 6.87. The first-order valence-corrected chi connectivity index (χ1v) is 4.37. The number of rotatable bonds is 3. The smallest absolute Gasteiger partial charge is 0.329 e. The van der Waals surface area contributed by atoms with Gasteiger partial charge in [-0.15, -0.1) is 0 Å². The lowest BCUT2D eigenvalue weighted by atomic mass is 10.0. The van der Waals surface area contributed by atoms with Crippen molar-refractivity contribution in [3.05, 3.63) is 18.0 Å². The molecule has 0 aromatic carbocycles. The van der Waals surface area contributed by atoms with Crippen molar-refractivity contribution in [1.29, 1.82) is 0 Å². The number of hydrogen-bond acceptors (Lipinski definition) is 3. The number of hydrogen-bond donors (Lipinski definition) is 2. The van der Waals surface area contributed by atoms with Gasteiger partial charge in [0, 0.05) is 13.2 Å². The Hall–Kier alpha value is -1.85. The van der Waals surface area contributed by atoms with Gasteiger partial charge in [0.15, 0.2) is 0 Å². The molecule has 6 nitrogen and oxygen atoms in total. The number of carboxylic acids is 1. The van der Waals surface area contributed by atoms with Gasteiger partial charge in [0.1, 0.15) is 5.54 Å². The average molecular weight is 211 g/mol. The fraction of sp³-hybridized carbons (Fsp3) is 0.444. The van der Waals surface area contributed by atoms with Crippen molar-refractivity contribution in [1.82, 2.24) is 15.1 Å². The molecule has 1 amide bonds. The summed E-state index contributed by atoms with van der Waals surface area (Å²) in [6.45, 7) is 2.93. The summed E-state index contributed by atoms with van der Waals surface area (Å²) in [5.41, 5.74) is -0.902. The standard InChI is InChI=1S/C9H13N3O3/c1-9(2,8(14)15)12(3)7(13)6-4-10-11-5-6/h4-5H,1-3H3,(H,10,11)(H,14,15). The maximum absolute atomic E-state index is 11.8. The van der Waals surface area contributed by atoms with Crippen LogP contribution in [0, 0.1) is 0 Å². The van der Waals surface area contributed by atoms with Gasteiger partial charge in [0.05, 0.1) is 11.8 Å². The SMILES string of the molecule is CN(C(=O)c1cn[nH]c1)C(C)(C)C(=O)O. The molecule has 6 heteroatoms. The van der Waals surface area contributed by atoms with Gasteiger partial charge in [-0.2, -0.15) is 5.10 Å². The minimum atomic E-state index is -1.24. The molecule has 1 heterocycles. The Morgan fingerprint density at radius 2 is 2.13 bits per heavy atom. The second kappa shape index (κ2) is 3.72. The van der Waals surface area contributed by atoms with Gasteiger partial charge >= 0.3 is 5.97 Å². The Kier molecular flexibility index (Phi) is 2.78. The summed E-state index contributed by atoms with van der Waals surface area (Å²) < 4.78 is 0. The molecule has 0 aliphatic rings. The summed E-state index contributed by atoms with van der Waals surface area (Å²) in [6, 6.07) is 0. The summed E-state index contributed by atoms with van der Waals surface area (Å²) in [4.78, 5) is 23.8. The van der Waals surface area contributed by atoms with Crippen molar-refractivity contribution in [3.8, 4) is 0 Å². The summed E-state index contributed by atoms with van der Waals surface area (Å²) in [6.07, 6.45) is 2.79. The highest BCUT2D eigenvalue weighted by atomic mass is 16.4. The van der Waals surface area contributed by atoms with Crippen molar-refractivity contribution in [3.63, 3.8) is 0 Å². The van der Waals surface area contributed by atoms with Crippen LogP contribution >= 0.6 is 0 Å². The normalized spacial score (nSPS) is 11.1. The topological polar surface area (TPSA) is 86.3 Å². The fourth-order valence-corrected chi connectivity index (χ4v) is 0.959. The van der Waals surface area contributed by atoms with E-state index >= 15 is 0 Å².